The fourth-order valence-corrected chi connectivity index (χ4v) is 12.2. The number of carbonyl (C=O) groups excluding carboxylic acids is 1. The lowest BCUT2D eigenvalue weighted by Crippen LogP contribution is -2.49. The second kappa shape index (κ2) is 15.1. The third kappa shape index (κ3) is 7.88. The molecule has 1 aromatic carbocycles. The van der Waals surface area contributed by atoms with Gasteiger partial charge < -0.3 is 19.2 Å². The van der Waals surface area contributed by atoms with Crippen LogP contribution in [0, 0.1) is 6.92 Å². The molecule has 4 rings (SSSR count). The molecule has 0 radical (unpaired) electrons. The van der Waals surface area contributed by atoms with Gasteiger partial charge in [0, 0.05) is 4.47 Å². The van der Waals surface area contributed by atoms with E-state index in [-0.39, 0.29) is 18.6 Å². The fraction of sp³-hybridized carbons (Fsp3) is 0.484. The third-order valence-electron chi connectivity index (χ3n) is 7.86. The maximum atomic E-state index is 13.6. The van der Waals surface area contributed by atoms with Gasteiger partial charge in [0.2, 0.25) is 12.0 Å². The first kappa shape index (κ1) is 34.9. The summed E-state index contributed by atoms with van der Waals surface area (Å²) in [6.45, 7) is 17.6. The molecular formula is C31H41BrClN7O4Si. The van der Waals surface area contributed by atoms with E-state index in [9.17, 15) is 4.79 Å². The van der Waals surface area contributed by atoms with E-state index in [0.717, 1.165) is 10.2 Å². The van der Waals surface area contributed by atoms with Crippen molar-refractivity contribution in [2.45, 2.75) is 84.2 Å². The Bertz CT molecular complexity index is 1560. The minimum absolute atomic E-state index is 0.0645. The highest BCUT2D eigenvalue weighted by Gasteiger charge is 2.45. The molecule has 0 spiro atoms. The summed E-state index contributed by atoms with van der Waals surface area (Å²) < 4.78 is 21.5. The summed E-state index contributed by atoms with van der Waals surface area (Å²) in [6.07, 6.45) is 4.61. The predicted octanol–water partition coefficient (Wildman–Crippen LogP) is 7.31. The topological polar surface area (TPSA) is 126 Å². The molecular weight excluding hydrogens is 678 g/mol. The second-order valence-electron chi connectivity index (χ2n) is 12.0. The van der Waals surface area contributed by atoms with Crippen LogP contribution in [0.25, 0.3) is 16.7 Å². The highest BCUT2D eigenvalue weighted by atomic mass is 79.9. The van der Waals surface area contributed by atoms with Crippen molar-refractivity contribution >= 4 is 58.6 Å². The van der Waals surface area contributed by atoms with Crippen molar-refractivity contribution in [3.8, 4) is 11.6 Å². The van der Waals surface area contributed by atoms with E-state index in [4.69, 9.17) is 25.5 Å². The number of hydrogen-bond acceptors (Lipinski definition) is 9. The number of aromatic nitrogens is 6. The normalized spacial score (nSPS) is 13.5. The number of benzene rings is 1. The largest absolute Gasteiger partial charge is 0.461 e. The summed E-state index contributed by atoms with van der Waals surface area (Å²) in [7, 11) is -2.09. The summed E-state index contributed by atoms with van der Waals surface area (Å²) >= 11 is 10.0. The van der Waals surface area contributed by atoms with Crippen LogP contribution in [0.3, 0.4) is 0 Å². The molecule has 2 unspecified atom stereocenters. The first-order chi connectivity index (χ1) is 21.3. The Labute approximate surface area is 278 Å². The third-order valence-corrected chi connectivity index (χ3v) is 14.9. The van der Waals surface area contributed by atoms with Crippen molar-refractivity contribution < 1.29 is 18.7 Å². The van der Waals surface area contributed by atoms with Gasteiger partial charge in [0.25, 0.3) is 5.91 Å². The number of para-hydroxylation sites is 1. The van der Waals surface area contributed by atoms with Gasteiger partial charge in [0.15, 0.2) is 19.8 Å². The van der Waals surface area contributed by atoms with Crippen LogP contribution in [0.1, 0.15) is 54.2 Å². The second-order valence-corrected chi connectivity index (χ2v) is 18.7. The zero-order valence-corrected chi connectivity index (χ0v) is 30.3. The molecule has 3 heterocycles. The van der Waals surface area contributed by atoms with Crippen LogP contribution < -0.4 is 10.1 Å². The highest BCUT2D eigenvalue weighted by Crippen LogP contribution is 2.42. The Morgan fingerprint density at radius 3 is 2.31 bits per heavy atom. The Morgan fingerprint density at radius 1 is 0.978 bits per heavy atom. The number of fused-ring (bicyclic) bond motifs is 1. The molecule has 1 N–H and O–H groups in total. The lowest BCUT2D eigenvalue weighted by Gasteiger charge is -2.42. The zero-order chi connectivity index (χ0) is 32.9. The Hall–Kier alpha value is -2.97. The summed E-state index contributed by atoms with van der Waals surface area (Å²) in [5.41, 5.74) is 3.12. The molecule has 0 aliphatic rings. The molecule has 4 aromatic rings. The van der Waals surface area contributed by atoms with E-state index in [1.807, 2.05) is 26.0 Å². The van der Waals surface area contributed by atoms with Crippen molar-refractivity contribution in [3.05, 3.63) is 58.3 Å². The zero-order valence-electron chi connectivity index (χ0n) is 26.9. The van der Waals surface area contributed by atoms with Gasteiger partial charge in [-0.2, -0.15) is 5.10 Å². The average Bonchev–Trinajstić information content (AvgIpc) is 3.40. The quantitative estimate of drug-likeness (QED) is 0.134. The molecule has 0 aliphatic heterocycles. The number of nitrogens with one attached hydrogen (secondary N) is 1. The smallest absolute Gasteiger partial charge is 0.269 e. The van der Waals surface area contributed by atoms with Crippen LogP contribution >= 0.6 is 27.5 Å². The van der Waals surface area contributed by atoms with Gasteiger partial charge in [-0.3, -0.25) is 9.78 Å². The average molecular weight is 719 g/mol. The van der Waals surface area contributed by atoms with Crippen LogP contribution in [0.15, 0.2) is 47.6 Å². The molecule has 0 bridgehead atoms. The van der Waals surface area contributed by atoms with Gasteiger partial charge in [-0.05, 0) is 58.5 Å². The van der Waals surface area contributed by atoms with Crippen LogP contribution in [-0.2, 0) is 14.0 Å². The molecule has 1 amide bonds. The highest BCUT2D eigenvalue weighted by molar-refractivity contribution is 9.10. The van der Waals surface area contributed by atoms with Gasteiger partial charge in [-0.25, -0.2) is 19.6 Å². The standard InChI is InChI=1S/C31H41BrClN7O4Si/c1-18(2)45(19(3)4,20(5)6)43-15-22(8)42-16-26(30(41)39-27-14-34-21(7)12-35-27)44-31-23-13-38-40(29(23)36-17-37-31)28-24(32)10-9-11-25(28)33/h9-14,17-20,22,26H,15-16H2,1-8H3,(H,35,39,41). The van der Waals surface area contributed by atoms with Gasteiger partial charge >= 0.3 is 0 Å². The number of amides is 1. The van der Waals surface area contributed by atoms with Gasteiger partial charge in [-0.15, -0.1) is 0 Å². The molecule has 14 heteroatoms. The summed E-state index contributed by atoms with van der Waals surface area (Å²) in [5.74, 6) is -0.00570. The van der Waals surface area contributed by atoms with Crippen molar-refractivity contribution in [2.24, 2.45) is 0 Å². The molecule has 0 aliphatic carbocycles. The number of carbonyl (C=O) groups is 1. The van der Waals surface area contributed by atoms with E-state index >= 15 is 0 Å². The van der Waals surface area contributed by atoms with Crippen molar-refractivity contribution in [2.75, 3.05) is 18.5 Å². The molecule has 0 saturated carbocycles. The number of nitrogens with zero attached hydrogens (tertiary/aromatic N) is 6. The Balaban J connectivity index is 1.58. The number of aryl methyl sites for hydroxylation is 1. The summed E-state index contributed by atoms with van der Waals surface area (Å²) in [5, 5.41) is 8.25. The van der Waals surface area contributed by atoms with E-state index in [2.05, 4.69) is 87.8 Å². The molecule has 3 aromatic heterocycles. The Morgan fingerprint density at radius 2 is 1.69 bits per heavy atom. The molecule has 0 saturated heterocycles. The molecule has 242 valence electrons. The maximum Gasteiger partial charge on any atom is 0.269 e. The number of halogens is 2. The number of hydrogen-bond donors (Lipinski definition) is 1. The number of rotatable bonds is 14. The lowest BCUT2D eigenvalue weighted by molar-refractivity contribution is -0.127. The van der Waals surface area contributed by atoms with Gasteiger partial charge in [-0.1, -0.05) is 59.2 Å². The van der Waals surface area contributed by atoms with Gasteiger partial charge in [0.05, 0.1) is 54.3 Å². The van der Waals surface area contributed by atoms with E-state index in [1.165, 1.54) is 12.5 Å². The van der Waals surface area contributed by atoms with E-state index in [0.29, 0.717) is 50.8 Å². The van der Waals surface area contributed by atoms with Crippen molar-refractivity contribution in [1.82, 2.24) is 29.7 Å². The van der Waals surface area contributed by atoms with Gasteiger partial charge in [0.1, 0.15) is 11.7 Å². The Kier molecular flexibility index (Phi) is 11.7. The minimum Gasteiger partial charge on any atom is -0.461 e. The predicted molar refractivity (Wildman–Crippen MR) is 182 cm³/mol. The minimum atomic E-state index is -2.09. The molecule has 11 nitrogen and oxygen atoms in total. The molecule has 0 fully saturated rings. The van der Waals surface area contributed by atoms with Crippen LogP contribution in [0.2, 0.25) is 21.6 Å². The van der Waals surface area contributed by atoms with Crippen molar-refractivity contribution in [3.63, 3.8) is 0 Å². The SMILES string of the molecule is Cc1cnc(NC(=O)C(COC(C)CO[Si](C(C)C)(C(C)C)C(C)C)Oc2ncnc3c2cnn3-c2c(Cl)cccc2Br)cn1. The molecule has 2 atom stereocenters. The number of ether oxygens (including phenoxy) is 2. The first-order valence-corrected chi connectivity index (χ1v) is 18.3. The monoisotopic (exact) mass is 717 g/mol. The van der Waals surface area contributed by atoms with Crippen LogP contribution in [0.5, 0.6) is 5.88 Å². The van der Waals surface area contributed by atoms with E-state index in [1.54, 1.807) is 23.1 Å². The van der Waals surface area contributed by atoms with Crippen LogP contribution in [0.4, 0.5) is 5.82 Å². The molecule has 45 heavy (non-hydrogen) atoms. The first-order valence-electron chi connectivity index (χ1n) is 15.0. The summed E-state index contributed by atoms with van der Waals surface area (Å²) in [6, 6.07) is 5.45. The van der Waals surface area contributed by atoms with Crippen molar-refractivity contribution in [1.29, 1.82) is 0 Å². The lowest BCUT2D eigenvalue weighted by atomic mass is 10.3. The summed E-state index contributed by atoms with van der Waals surface area (Å²) in [4.78, 5) is 30.8. The number of anilines is 1. The van der Waals surface area contributed by atoms with E-state index < -0.39 is 20.3 Å². The maximum absolute atomic E-state index is 13.6. The fourth-order valence-electron chi connectivity index (χ4n) is 5.79. The van der Waals surface area contributed by atoms with Crippen LogP contribution in [-0.4, -0.2) is 69.4 Å².